The summed E-state index contributed by atoms with van der Waals surface area (Å²) >= 11 is 0. The van der Waals surface area contributed by atoms with Crippen LogP contribution in [0.2, 0.25) is 0 Å². The molecule has 0 saturated heterocycles. The molecular weight excluding hydrogens is 202 g/mol. The standard InChI is InChI=1S/C13H15NO2/c1-3-11-8-10-6-4-5-7-12(10)14(11)9-13(15)16-2/h4-8H,3,9H2,1-2H3. The molecule has 0 fully saturated rings. The van der Waals surface area contributed by atoms with Crippen molar-refractivity contribution in [2.24, 2.45) is 0 Å². The van der Waals surface area contributed by atoms with Crippen LogP contribution in [0.25, 0.3) is 10.9 Å². The molecule has 0 saturated carbocycles. The highest BCUT2D eigenvalue weighted by atomic mass is 16.5. The number of ether oxygens (including phenoxy) is 1. The Labute approximate surface area is 94.6 Å². The van der Waals surface area contributed by atoms with Crippen molar-refractivity contribution in [3.8, 4) is 0 Å². The highest BCUT2D eigenvalue weighted by molar-refractivity contribution is 5.83. The summed E-state index contributed by atoms with van der Waals surface area (Å²) < 4.78 is 6.73. The second-order valence-corrected chi connectivity index (χ2v) is 3.71. The Hall–Kier alpha value is -1.77. The average molecular weight is 217 g/mol. The summed E-state index contributed by atoms with van der Waals surface area (Å²) in [6.07, 6.45) is 0.908. The number of rotatable bonds is 3. The lowest BCUT2D eigenvalue weighted by Gasteiger charge is -2.07. The fourth-order valence-corrected chi connectivity index (χ4v) is 1.94. The van der Waals surface area contributed by atoms with E-state index in [4.69, 9.17) is 4.74 Å². The normalized spacial score (nSPS) is 10.6. The summed E-state index contributed by atoms with van der Waals surface area (Å²) in [5.41, 5.74) is 2.25. The van der Waals surface area contributed by atoms with Gasteiger partial charge in [0.1, 0.15) is 6.54 Å². The van der Waals surface area contributed by atoms with E-state index in [1.54, 1.807) is 0 Å². The Morgan fingerprint density at radius 2 is 2.12 bits per heavy atom. The van der Waals surface area contributed by atoms with Crippen LogP contribution in [0.1, 0.15) is 12.6 Å². The van der Waals surface area contributed by atoms with Gasteiger partial charge in [0.2, 0.25) is 0 Å². The summed E-state index contributed by atoms with van der Waals surface area (Å²) in [5, 5.41) is 1.17. The number of methoxy groups -OCH3 is 1. The number of esters is 1. The summed E-state index contributed by atoms with van der Waals surface area (Å²) in [5.74, 6) is -0.212. The second kappa shape index (κ2) is 4.39. The SMILES string of the molecule is CCc1cc2ccccc2n1CC(=O)OC. The Kier molecular flexibility index (Phi) is 2.95. The molecular formula is C13H15NO2. The number of para-hydroxylation sites is 1. The van der Waals surface area contributed by atoms with Crippen LogP contribution in [0, 0.1) is 0 Å². The molecule has 3 heteroatoms. The van der Waals surface area contributed by atoms with E-state index in [1.807, 2.05) is 22.8 Å². The lowest BCUT2D eigenvalue weighted by atomic mass is 10.2. The largest absolute Gasteiger partial charge is 0.468 e. The van der Waals surface area contributed by atoms with Crippen LogP contribution in [0.4, 0.5) is 0 Å². The van der Waals surface area contributed by atoms with Gasteiger partial charge in [-0.15, -0.1) is 0 Å². The van der Waals surface area contributed by atoms with Crippen LogP contribution >= 0.6 is 0 Å². The molecule has 0 aliphatic carbocycles. The molecule has 2 rings (SSSR count). The van der Waals surface area contributed by atoms with Gasteiger partial charge in [-0.05, 0) is 23.9 Å². The van der Waals surface area contributed by atoms with Crippen molar-refractivity contribution in [2.45, 2.75) is 19.9 Å². The van der Waals surface area contributed by atoms with Gasteiger partial charge in [0, 0.05) is 11.2 Å². The van der Waals surface area contributed by atoms with Crippen LogP contribution in [-0.4, -0.2) is 17.6 Å². The molecule has 16 heavy (non-hydrogen) atoms. The van der Waals surface area contributed by atoms with Crippen molar-refractivity contribution in [1.82, 2.24) is 4.57 Å². The van der Waals surface area contributed by atoms with Crippen LogP contribution in [-0.2, 0) is 22.5 Å². The van der Waals surface area contributed by atoms with Crippen LogP contribution < -0.4 is 0 Å². The molecule has 0 aliphatic heterocycles. The molecule has 1 heterocycles. The minimum absolute atomic E-state index is 0.212. The first kappa shape index (κ1) is 10.7. The number of benzene rings is 1. The van der Waals surface area contributed by atoms with E-state index in [-0.39, 0.29) is 12.5 Å². The zero-order valence-electron chi connectivity index (χ0n) is 9.56. The Morgan fingerprint density at radius 1 is 1.38 bits per heavy atom. The summed E-state index contributed by atoms with van der Waals surface area (Å²) in [4.78, 5) is 11.3. The molecule has 0 unspecified atom stereocenters. The highest BCUT2D eigenvalue weighted by Crippen LogP contribution is 2.20. The predicted octanol–water partition coefficient (Wildman–Crippen LogP) is 2.38. The molecule has 0 bridgehead atoms. The van der Waals surface area contributed by atoms with Crippen molar-refractivity contribution < 1.29 is 9.53 Å². The number of fused-ring (bicyclic) bond motifs is 1. The molecule has 0 spiro atoms. The van der Waals surface area contributed by atoms with Gasteiger partial charge in [0.05, 0.1) is 7.11 Å². The minimum atomic E-state index is -0.212. The van der Waals surface area contributed by atoms with Crippen molar-refractivity contribution in [3.05, 3.63) is 36.0 Å². The predicted molar refractivity (Wildman–Crippen MR) is 63.3 cm³/mol. The van der Waals surface area contributed by atoms with Gasteiger partial charge in [-0.3, -0.25) is 4.79 Å². The maximum Gasteiger partial charge on any atom is 0.325 e. The molecule has 1 aromatic heterocycles. The molecule has 0 atom stereocenters. The van der Waals surface area contributed by atoms with Gasteiger partial charge < -0.3 is 9.30 Å². The van der Waals surface area contributed by atoms with Gasteiger partial charge in [0.15, 0.2) is 0 Å². The molecule has 0 amide bonds. The van der Waals surface area contributed by atoms with E-state index in [0.717, 1.165) is 17.6 Å². The topological polar surface area (TPSA) is 31.2 Å². The summed E-state index contributed by atoms with van der Waals surface area (Å²) in [6.45, 7) is 2.37. The number of nitrogens with zero attached hydrogens (tertiary/aromatic N) is 1. The van der Waals surface area contributed by atoms with Gasteiger partial charge in [-0.25, -0.2) is 0 Å². The fraction of sp³-hybridized carbons (Fsp3) is 0.308. The van der Waals surface area contributed by atoms with E-state index in [1.165, 1.54) is 12.5 Å². The number of aromatic nitrogens is 1. The quantitative estimate of drug-likeness (QED) is 0.739. The van der Waals surface area contributed by atoms with E-state index in [0.29, 0.717) is 0 Å². The van der Waals surface area contributed by atoms with Crippen molar-refractivity contribution in [3.63, 3.8) is 0 Å². The van der Waals surface area contributed by atoms with E-state index in [2.05, 4.69) is 19.1 Å². The zero-order valence-corrected chi connectivity index (χ0v) is 9.56. The van der Waals surface area contributed by atoms with Crippen molar-refractivity contribution in [1.29, 1.82) is 0 Å². The molecule has 84 valence electrons. The van der Waals surface area contributed by atoms with E-state index >= 15 is 0 Å². The average Bonchev–Trinajstić information content (AvgIpc) is 2.67. The Morgan fingerprint density at radius 3 is 2.81 bits per heavy atom. The second-order valence-electron chi connectivity index (χ2n) is 3.71. The maximum absolute atomic E-state index is 11.3. The molecule has 0 radical (unpaired) electrons. The lowest BCUT2D eigenvalue weighted by Crippen LogP contribution is -2.13. The first-order chi connectivity index (χ1) is 7.76. The number of carbonyl (C=O) groups excluding carboxylic acids is 1. The first-order valence-electron chi connectivity index (χ1n) is 5.40. The van der Waals surface area contributed by atoms with Gasteiger partial charge >= 0.3 is 5.97 Å². The molecule has 0 aliphatic rings. The Bertz CT molecular complexity index is 514. The third kappa shape index (κ3) is 1.81. The molecule has 0 N–H and O–H groups in total. The molecule has 2 aromatic rings. The summed E-state index contributed by atoms with van der Waals surface area (Å²) in [7, 11) is 1.42. The molecule has 3 nitrogen and oxygen atoms in total. The minimum Gasteiger partial charge on any atom is -0.468 e. The first-order valence-corrected chi connectivity index (χ1v) is 5.40. The number of hydrogen-bond donors (Lipinski definition) is 0. The van der Waals surface area contributed by atoms with Gasteiger partial charge in [0.25, 0.3) is 0 Å². The van der Waals surface area contributed by atoms with Crippen LogP contribution in [0.5, 0.6) is 0 Å². The summed E-state index contributed by atoms with van der Waals surface area (Å²) in [6, 6.07) is 10.2. The maximum atomic E-state index is 11.3. The van der Waals surface area contributed by atoms with Crippen LogP contribution in [0.3, 0.4) is 0 Å². The van der Waals surface area contributed by atoms with Crippen molar-refractivity contribution in [2.75, 3.05) is 7.11 Å². The number of aryl methyl sites for hydroxylation is 1. The fourth-order valence-electron chi connectivity index (χ4n) is 1.94. The number of hydrogen-bond acceptors (Lipinski definition) is 2. The third-order valence-corrected chi connectivity index (χ3v) is 2.77. The zero-order chi connectivity index (χ0) is 11.5. The van der Waals surface area contributed by atoms with Crippen LogP contribution in [0.15, 0.2) is 30.3 Å². The monoisotopic (exact) mass is 217 g/mol. The van der Waals surface area contributed by atoms with E-state index in [9.17, 15) is 4.79 Å². The van der Waals surface area contributed by atoms with Gasteiger partial charge in [-0.1, -0.05) is 25.1 Å². The van der Waals surface area contributed by atoms with Crippen molar-refractivity contribution >= 4 is 16.9 Å². The number of carbonyl (C=O) groups is 1. The lowest BCUT2D eigenvalue weighted by molar-refractivity contribution is -0.141. The Balaban J connectivity index is 2.51. The smallest absolute Gasteiger partial charge is 0.325 e. The highest BCUT2D eigenvalue weighted by Gasteiger charge is 2.10. The molecule has 1 aromatic carbocycles. The van der Waals surface area contributed by atoms with Gasteiger partial charge in [-0.2, -0.15) is 0 Å². The van der Waals surface area contributed by atoms with E-state index < -0.39 is 0 Å². The third-order valence-electron chi connectivity index (χ3n) is 2.77.